The Kier molecular flexibility index (Phi) is 3.42. The Morgan fingerprint density at radius 1 is 1.26 bits per heavy atom. The van der Waals surface area contributed by atoms with E-state index in [0.29, 0.717) is 0 Å². The summed E-state index contributed by atoms with van der Waals surface area (Å²) in [5, 5.41) is 0. The van der Waals surface area contributed by atoms with E-state index in [1.165, 1.54) is 17.0 Å². The molecule has 1 aliphatic heterocycles. The summed E-state index contributed by atoms with van der Waals surface area (Å²) in [6.07, 6.45) is -4.85. The number of nitrogens with zero attached hydrogens (tertiary/aromatic N) is 1. The van der Waals surface area contributed by atoms with Crippen molar-refractivity contribution in [1.82, 2.24) is 4.90 Å². The maximum atomic E-state index is 13.0. The van der Waals surface area contributed by atoms with Crippen molar-refractivity contribution in [2.75, 3.05) is 18.8 Å². The van der Waals surface area contributed by atoms with Gasteiger partial charge in [0.05, 0.1) is 12.1 Å². The van der Waals surface area contributed by atoms with Crippen molar-refractivity contribution in [3.05, 3.63) is 29.3 Å². The van der Waals surface area contributed by atoms with Crippen LogP contribution in [0.1, 0.15) is 17.5 Å². The number of nitrogens with two attached hydrogens (primary N) is 1. The molecule has 0 bridgehead atoms. The van der Waals surface area contributed by atoms with E-state index >= 15 is 0 Å². The topological polar surface area (TPSA) is 29.3 Å². The van der Waals surface area contributed by atoms with Crippen LogP contribution in [0.25, 0.3) is 0 Å². The average molecular weight is 280 g/mol. The van der Waals surface area contributed by atoms with Crippen molar-refractivity contribution in [1.29, 1.82) is 0 Å². The molecule has 0 amide bonds. The number of benzene rings is 1. The smallest absolute Gasteiger partial charge is 0.399 e. The molecule has 0 unspecified atom stereocenters. The number of likely N-dealkylation sites (tertiary alicyclic amines) is 1. The SMILES string of the molecule is Nc1ccc(CN2CCC(F)(F)C2)c(C(F)(F)F)c1. The molecule has 0 saturated carbocycles. The molecule has 1 aromatic rings. The third-order valence-electron chi connectivity index (χ3n) is 3.08. The normalized spacial score (nSPS) is 19.8. The Bertz CT molecular complexity index is 470. The third kappa shape index (κ3) is 3.34. The molecular weight excluding hydrogens is 267 g/mol. The van der Waals surface area contributed by atoms with E-state index in [1.54, 1.807) is 0 Å². The van der Waals surface area contributed by atoms with Crippen LogP contribution in [0, 0.1) is 0 Å². The van der Waals surface area contributed by atoms with Gasteiger partial charge in [-0.25, -0.2) is 8.78 Å². The minimum absolute atomic E-state index is 0.00262. The molecule has 19 heavy (non-hydrogen) atoms. The summed E-state index contributed by atoms with van der Waals surface area (Å²) in [7, 11) is 0. The molecule has 2 nitrogen and oxygen atoms in total. The van der Waals surface area contributed by atoms with Crippen LogP contribution in [0.15, 0.2) is 18.2 Å². The quantitative estimate of drug-likeness (QED) is 0.666. The lowest BCUT2D eigenvalue weighted by atomic mass is 10.1. The highest BCUT2D eigenvalue weighted by Gasteiger charge is 2.39. The van der Waals surface area contributed by atoms with Gasteiger partial charge in [-0.05, 0) is 17.7 Å². The van der Waals surface area contributed by atoms with Gasteiger partial charge in [-0.3, -0.25) is 4.90 Å². The van der Waals surface area contributed by atoms with Crippen LogP contribution < -0.4 is 5.73 Å². The van der Waals surface area contributed by atoms with Gasteiger partial charge in [-0.2, -0.15) is 13.2 Å². The van der Waals surface area contributed by atoms with Crippen molar-refractivity contribution in [2.45, 2.75) is 25.1 Å². The minimum Gasteiger partial charge on any atom is -0.399 e. The average Bonchev–Trinajstić information content (AvgIpc) is 2.59. The molecular formula is C12H13F5N2. The Hall–Kier alpha value is -1.37. The lowest BCUT2D eigenvalue weighted by molar-refractivity contribution is -0.138. The number of nitrogen functional groups attached to an aromatic ring is 1. The lowest BCUT2D eigenvalue weighted by Crippen LogP contribution is -2.26. The zero-order valence-electron chi connectivity index (χ0n) is 9.97. The summed E-state index contributed by atoms with van der Waals surface area (Å²) in [5.74, 6) is -2.81. The summed E-state index contributed by atoms with van der Waals surface area (Å²) in [6, 6.07) is 3.43. The van der Waals surface area contributed by atoms with Crippen molar-refractivity contribution in [3.8, 4) is 0 Å². The second-order valence-corrected chi connectivity index (χ2v) is 4.73. The third-order valence-corrected chi connectivity index (χ3v) is 3.08. The molecule has 0 aliphatic carbocycles. The molecule has 0 radical (unpaired) electrons. The maximum Gasteiger partial charge on any atom is 0.416 e. The molecule has 1 aromatic carbocycles. The van der Waals surface area contributed by atoms with Gasteiger partial charge >= 0.3 is 6.18 Å². The number of hydrogen-bond acceptors (Lipinski definition) is 2. The Balaban J connectivity index is 2.21. The largest absolute Gasteiger partial charge is 0.416 e. The van der Waals surface area contributed by atoms with E-state index < -0.39 is 24.2 Å². The van der Waals surface area contributed by atoms with Crippen LogP contribution in [-0.4, -0.2) is 23.9 Å². The second kappa shape index (κ2) is 4.63. The van der Waals surface area contributed by atoms with Crippen molar-refractivity contribution in [3.63, 3.8) is 0 Å². The zero-order chi connectivity index (χ0) is 14.3. The summed E-state index contributed by atoms with van der Waals surface area (Å²) >= 11 is 0. The fourth-order valence-electron chi connectivity index (χ4n) is 2.18. The van der Waals surface area contributed by atoms with Gasteiger partial charge in [0.25, 0.3) is 5.92 Å². The maximum absolute atomic E-state index is 13.0. The number of anilines is 1. The van der Waals surface area contributed by atoms with E-state index in [-0.39, 0.29) is 30.8 Å². The Labute approximate surface area is 107 Å². The Morgan fingerprint density at radius 2 is 1.95 bits per heavy atom. The number of alkyl halides is 5. The number of rotatable bonds is 2. The molecule has 1 aliphatic rings. The van der Waals surface area contributed by atoms with E-state index in [1.807, 2.05) is 0 Å². The second-order valence-electron chi connectivity index (χ2n) is 4.73. The summed E-state index contributed by atoms with van der Waals surface area (Å²) < 4.78 is 64.5. The molecule has 0 atom stereocenters. The highest BCUT2D eigenvalue weighted by Crippen LogP contribution is 2.35. The summed E-state index contributed by atoms with van der Waals surface area (Å²) in [6.45, 7) is -0.561. The number of halogens is 5. The molecule has 1 saturated heterocycles. The van der Waals surface area contributed by atoms with Crippen LogP contribution in [0.5, 0.6) is 0 Å². The van der Waals surface area contributed by atoms with Gasteiger partial charge in [-0.15, -0.1) is 0 Å². The first kappa shape index (κ1) is 14.0. The van der Waals surface area contributed by atoms with E-state index in [9.17, 15) is 22.0 Å². The summed E-state index contributed by atoms with van der Waals surface area (Å²) in [4.78, 5) is 1.32. The molecule has 7 heteroatoms. The minimum atomic E-state index is -4.53. The van der Waals surface area contributed by atoms with Crippen LogP contribution in [-0.2, 0) is 12.7 Å². The predicted octanol–water partition coefficient (Wildman–Crippen LogP) is 3.13. The molecule has 0 spiro atoms. The first-order valence-corrected chi connectivity index (χ1v) is 5.73. The molecule has 2 N–H and O–H groups in total. The standard InChI is InChI=1S/C12H13F5N2/c13-11(14)3-4-19(7-11)6-8-1-2-9(18)5-10(8)12(15,16)17/h1-2,5H,3-4,6-7,18H2. The molecule has 1 heterocycles. The lowest BCUT2D eigenvalue weighted by Gasteiger charge is -2.19. The predicted molar refractivity (Wildman–Crippen MR) is 60.7 cm³/mol. The molecule has 0 aromatic heterocycles. The highest BCUT2D eigenvalue weighted by molar-refractivity contribution is 5.46. The first-order valence-electron chi connectivity index (χ1n) is 5.73. The first-order chi connectivity index (χ1) is 8.67. The highest BCUT2D eigenvalue weighted by atomic mass is 19.4. The molecule has 1 fully saturated rings. The Morgan fingerprint density at radius 3 is 2.47 bits per heavy atom. The van der Waals surface area contributed by atoms with Crippen LogP contribution in [0.4, 0.5) is 27.6 Å². The fraction of sp³-hybridized carbons (Fsp3) is 0.500. The number of hydrogen-bond donors (Lipinski definition) is 1. The van der Waals surface area contributed by atoms with Gasteiger partial charge in [0.1, 0.15) is 0 Å². The van der Waals surface area contributed by atoms with Gasteiger partial charge in [0, 0.05) is 25.2 Å². The van der Waals surface area contributed by atoms with Crippen molar-refractivity contribution >= 4 is 5.69 Å². The van der Waals surface area contributed by atoms with E-state index in [2.05, 4.69) is 0 Å². The van der Waals surface area contributed by atoms with Gasteiger partial charge in [-0.1, -0.05) is 6.07 Å². The summed E-state index contributed by atoms with van der Waals surface area (Å²) in [5.41, 5.74) is 4.46. The van der Waals surface area contributed by atoms with Gasteiger partial charge < -0.3 is 5.73 Å². The van der Waals surface area contributed by atoms with Crippen LogP contribution >= 0.6 is 0 Å². The van der Waals surface area contributed by atoms with Gasteiger partial charge in [0.15, 0.2) is 0 Å². The molecule has 2 rings (SSSR count). The fourth-order valence-corrected chi connectivity index (χ4v) is 2.18. The van der Waals surface area contributed by atoms with Crippen molar-refractivity contribution in [2.24, 2.45) is 0 Å². The van der Waals surface area contributed by atoms with E-state index in [4.69, 9.17) is 5.73 Å². The van der Waals surface area contributed by atoms with Crippen LogP contribution in [0.2, 0.25) is 0 Å². The monoisotopic (exact) mass is 280 g/mol. The molecule has 106 valence electrons. The van der Waals surface area contributed by atoms with Crippen molar-refractivity contribution < 1.29 is 22.0 Å². The van der Waals surface area contributed by atoms with Crippen LogP contribution in [0.3, 0.4) is 0 Å². The zero-order valence-corrected chi connectivity index (χ0v) is 9.97. The van der Waals surface area contributed by atoms with Gasteiger partial charge in [0.2, 0.25) is 0 Å². The van der Waals surface area contributed by atoms with E-state index in [0.717, 1.165) is 6.07 Å².